The lowest BCUT2D eigenvalue weighted by atomic mass is 10.3. The standard InChI is InChI=1S/C7H3BrF5NO2/c8-3-2(16-7(11,12)13)1-14-4(5(3)15)6(9)10/h1,6,15H. The monoisotopic (exact) mass is 307 g/mol. The van der Waals surface area contributed by atoms with Crippen LogP contribution in [0.5, 0.6) is 11.5 Å². The molecule has 0 aliphatic rings. The van der Waals surface area contributed by atoms with Gasteiger partial charge in [-0.3, -0.25) is 0 Å². The zero-order chi connectivity index (χ0) is 12.5. The highest BCUT2D eigenvalue weighted by atomic mass is 79.9. The van der Waals surface area contributed by atoms with Gasteiger partial charge in [-0.1, -0.05) is 0 Å². The van der Waals surface area contributed by atoms with Gasteiger partial charge in [0.25, 0.3) is 6.43 Å². The van der Waals surface area contributed by atoms with Crippen molar-refractivity contribution in [1.29, 1.82) is 0 Å². The quantitative estimate of drug-likeness (QED) is 0.852. The number of alkyl halides is 5. The summed E-state index contributed by atoms with van der Waals surface area (Å²) in [5.41, 5.74) is -1.03. The zero-order valence-corrected chi connectivity index (χ0v) is 8.81. The normalized spacial score (nSPS) is 11.9. The van der Waals surface area contributed by atoms with E-state index in [0.717, 1.165) is 0 Å². The SMILES string of the molecule is Oc1c(C(F)F)ncc(OC(F)(F)F)c1Br. The molecule has 0 fully saturated rings. The molecule has 0 bridgehead atoms. The summed E-state index contributed by atoms with van der Waals surface area (Å²) in [4.78, 5) is 2.97. The molecule has 0 unspecified atom stereocenters. The van der Waals surface area contributed by atoms with Gasteiger partial charge in [0.15, 0.2) is 11.5 Å². The van der Waals surface area contributed by atoms with Gasteiger partial charge in [-0.15, -0.1) is 13.2 Å². The third-order valence-electron chi connectivity index (χ3n) is 1.42. The Morgan fingerprint density at radius 3 is 2.38 bits per heavy atom. The molecule has 0 spiro atoms. The van der Waals surface area contributed by atoms with Crippen molar-refractivity contribution in [3.8, 4) is 11.5 Å². The van der Waals surface area contributed by atoms with Crippen LogP contribution >= 0.6 is 15.9 Å². The molecule has 9 heteroatoms. The molecule has 0 amide bonds. The summed E-state index contributed by atoms with van der Waals surface area (Å²) in [5, 5.41) is 9.11. The molecule has 0 saturated heterocycles. The third-order valence-corrected chi connectivity index (χ3v) is 2.19. The van der Waals surface area contributed by atoms with E-state index in [4.69, 9.17) is 5.11 Å². The summed E-state index contributed by atoms with van der Waals surface area (Å²) in [7, 11) is 0. The fourth-order valence-electron chi connectivity index (χ4n) is 0.831. The van der Waals surface area contributed by atoms with E-state index in [0.29, 0.717) is 6.20 Å². The smallest absolute Gasteiger partial charge is 0.505 e. The highest BCUT2D eigenvalue weighted by Crippen LogP contribution is 2.40. The second-order valence-corrected chi connectivity index (χ2v) is 3.31. The van der Waals surface area contributed by atoms with Gasteiger partial charge in [0, 0.05) is 0 Å². The first-order valence-electron chi connectivity index (χ1n) is 3.63. The summed E-state index contributed by atoms with van der Waals surface area (Å²) in [6, 6.07) is 0. The molecule has 0 saturated carbocycles. The largest absolute Gasteiger partial charge is 0.573 e. The average Bonchev–Trinajstić information content (AvgIpc) is 2.10. The highest BCUT2D eigenvalue weighted by molar-refractivity contribution is 9.10. The van der Waals surface area contributed by atoms with Crippen LogP contribution in [0.25, 0.3) is 0 Å². The van der Waals surface area contributed by atoms with Gasteiger partial charge in [-0.25, -0.2) is 13.8 Å². The van der Waals surface area contributed by atoms with Crippen LogP contribution in [0.4, 0.5) is 22.0 Å². The second kappa shape index (κ2) is 4.40. The Morgan fingerprint density at radius 2 is 1.94 bits per heavy atom. The molecule has 0 atom stereocenters. The molecule has 0 radical (unpaired) electrons. The van der Waals surface area contributed by atoms with E-state index in [1.807, 2.05) is 0 Å². The maximum atomic E-state index is 12.2. The molecule has 1 N–H and O–H groups in total. The van der Waals surface area contributed by atoms with Gasteiger partial charge in [0.2, 0.25) is 0 Å². The van der Waals surface area contributed by atoms with Crippen molar-refractivity contribution in [2.45, 2.75) is 12.8 Å². The first kappa shape index (κ1) is 12.9. The fourth-order valence-corrected chi connectivity index (χ4v) is 1.22. The predicted octanol–water partition coefficient (Wildman–Crippen LogP) is 3.39. The summed E-state index contributed by atoms with van der Waals surface area (Å²) >= 11 is 2.50. The Kier molecular flexibility index (Phi) is 3.56. The maximum Gasteiger partial charge on any atom is 0.573 e. The van der Waals surface area contributed by atoms with Crippen molar-refractivity contribution in [1.82, 2.24) is 4.98 Å². The number of aromatic hydroxyl groups is 1. The van der Waals surface area contributed by atoms with Gasteiger partial charge in [0.1, 0.15) is 10.2 Å². The summed E-state index contributed by atoms with van der Waals surface area (Å²) in [6.45, 7) is 0. The van der Waals surface area contributed by atoms with E-state index in [1.165, 1.54) is 0 Å². The summed E-state index contributed by atoms with van der Waals surface area (Å²) < 4.78 is 62.6. The van der Waals surface area contributed by atoms with Gasteiger partial charge in [-0.2, -0.15) is 0 Å². The van der Waals surface area contributed by atoms with E-state index in [2.05, 4.69) is 25.7 Å². The van der Waals surface area contributed by atoms with Crippen molar-refractivity contribution in [2.75, 3.05) is 0 Å². The van der Waals surface area contributed by atoms with Gasteiger partial charge in [0.05, 0.1) is 6.20 Å². The number of pyridine rings is 1. The Bertz CT molecular complexity index is 395. The highest BCUT2D eigenvalue weighted by Gasteiger charge is 2.33. The number of aromatic nitrogens is 1. The van der Waals surface area contributed by atoms with Gasteiger partial charge >= 0.3 is 6.36 Å². The summed E-state index contributed by atoms with van der Waals surface area (Å²) in [5.74, 6) is -1.98. The number of nitrogens with zero attached hydrogens (tertiary/aromatic N) is 1. The Hall–Kier alpha value is -1.12. The van der Waals surface area contributed by atoms with Crippen molar-refractivity contribution >= 4 is 15.9 Å². The maximum absolute atomic E-state index is 12.2. The molecule has 3 nitrogen and oxygen atoms in total. The molecule has 1 aromatic heterocycles. The van der Waals surface area contributed by atoms with Crippen LogP contribution < -0.4 is 4.74 Å². The van der Waals surface area contributed by atoms with Crippen LogP contribution in [0.15, 0.2) is 10.7 Å². The van der Waals surface area contributed by atoms with E-state index >= 15 is 0 Å². The van der Waals surface area contributed by atoms with Crippen molar-refractivity contribution in [2.24, 2.45) is 0 Å². The summed E-state index contributed by atoms with van der Waals surface area (Å²) in [6.07, 6.45) is -7.65. The van der Waals surface area contributed by atoms with Crippen LogP contribution in [0.1, 0.15) is 12.1 Å². The van der Waals surface area contributed by atoms with Crippen LogP contribution in [-0.4, -0.2) is 16.5 Å². The van der Waals surface area contributed by atoms with Crippen LogP contribution in [0, 0.1) is 0 Å². The molecular formula is C7H3BrF5NO2. The molecule has 1 rings (SSSR count). The number of rotatable bonds is 2. The lowest BCUT2D eigenvalue weighted by Crippen LogP contribution is -2.17. The predicted molar refractivity (Wildman–Crippen MR) is 45.2 cm³/mol. The van der Waals surface area contributed by atoms with E-state index in [9.17, 15) is 22.0 Å². The first-order valence-corrected chi connectivity index (χ1v) is 4.43. The second-order valence-electron chi connectivity index (χ2n) is 2.52. The molecule has 0 aromatic carbocycles. The number of hydrogen-bond acceptors (Lipinski definition) is 3. The zero-order valence-electron chi connectivity index (χ0n) is 7.23. The van der Waals surface area contributed by atoms with Crippen LogP contribution in [0.2, 0.25) is 0 Å². The van der Waals surface area contributed by atoms with E-state index in [1.54, 1.807) is 0 Å². The Labute approximate surface area is 94.0 Å². The van der Waals surface area contributed by atoms with Gasteiger partial charge in [-0.05, 0) is 15.9 Å². The molecule has 0 aliphatic heterocycles. The minimum atomic E-state index is -5.00. The van der Waals surface area contributed by atoms with Crippen LogP contribution in [0.3, 0.4) is 0 Å². The molecular weight excluding hydrogens is 305 g/mol. The topological polar surface area (TPSA) is 42.4 Å². The number of ether oxygens (including phenoxy) is 1. The van der Waals surface area contributed by atoms with E-state index < -0.39 is 34.5 Å². The molecule has 1 aromatic rings. The average molecular weight is 308 g/mol. The minimum absolute atomic E-state index is 0.443. The van der Waals surface area contributed by atoms with E-state index in [-0.39, 0.29) is 0 Å². The van der Waals surface area contributed by atoms with Crippen molar-refractivity contribution in [3.05, 3.63) is 16.4 Å². The molecule has 90 valence electrons. The van der Waals surface area contributed by atoms with Crippen molar-refractivity contribution in [3.63, 3.8) is 0 Å². The fraction of sp³-hybridized carbons (Fsp3) is 0.286. The van der Waals surface area contributed by atoms with Gasteiger partial charge < -0.3 is 9.84 Å². The lowest BCUT2D eigenvalue weighted by Gasteiger charge is -2.12. The Balaban J connectivity index is 3.12. The third kappa shape index (κ3) is 2.94. The Morgan fingerprint density at radius 1 is 1.38 bits per heavy atom. The van der Waals surface area contributed by atoms with Crippen LogP contribution in [-0.2, 0) is 0 Å². The molecule has 0 aliphatic carbocycles. The van der Waals surface area contributed by atoms with Crippen molar-refractivity contribution < 1.29 is 31.8 Å². The number of halogens is 6. The molecule has 1 heterocycles. The lowest BCUT2D eigenvalue weighted by molar-refractivity contribution is -0.275. The first-order chi connectivity index (χ1) is 7.22. The molecule has 16 heavy (non-hydrogen) atoms. The number of hydrogen-bond donors (Lipinski definition) is 1. The minimum Gasteiger partial charge on any atom is -0.505 e.